The smallest absolute Gasteiger partial charge is 0.356 e. The SMILES string of the molecule is COc1cc(Cl)c(-c2cc(C(=O)O)nn2C)cc1OC(C)C. The van der Waals surface area contributed by atoms with Crippen molar-refractivity contribution in [3.63, 3.8) is 0 Å². The number of carboxylic acids is 1. The molecule has 7 heteroatoms. The minimum atomic E-state index is -1.09. The van der Waals surface area contributed by atoms with E-state index in [9.17, 15) is 4.79 Å². The number of nitrogens with zero attached hydrogens (tertiary/aromatic N) is 2. The highest BCUT2D eigenvalue weighted by atomic mass is 35.5. The van der Waals surface area contributed by atoms with Gasteiger partial charge in [0.05, 0.1) is 23.9 Å². The van der Waals surface area contributed by atoms with E-state index < -0.39 is 5.97 Å². The van der Waals surface area contributed by atoms with Crippen LogP contribution in [0.4, 0.5) is 0 Å². The maximum Gasteiger partial charge on any atom is 0.356 e. The zero-order chi connectivity index (χ0) is 16.4. The molecule has 0 aliphatic heterocycles. The molecular weight excluding hydrogens is 308 g/mol. The Morgan fingerprint density at radius 3 is 2.50 bits per heavy atom. The lowest BCUT2D eigenvalue weighted by molar-refractivity contribution is 0.0689. The van der Waals surface area contributed by atoms with Gasteiger partial charge in [-0.05, 0) is 26.0 Å². The Labute approximate surface area is 133 Å². The van der Waals surface area contributed by atoms with Crippen LogP contribution in [0.5, 0.6) is 11.5 Å². The third-order valence-corrected chi connectivity index (χ3v) is 3.30. The van der Waals surface area contributed by atoms with E-state index in [2.05, 4.69) is 5.10 Å². The molecule has 2 rings (SSSR count). The average molecular weight is 325 g/mol. The first kappa shape index (κ1) is 16.2. The van der Waals surface area contributed by atoms with Crippen molar-refractivity contribution in [1.82, 2.24) is 9.78 Å². The molecule has 0 saturated heterocycles. The van der Waals surface area contributed by atoms with Crippen LogP contribution in [0.1, 0.15) is 24.3 Å². The van der Waals surface area contributed by atoms with E-state index in [1.165, 1.54) is 17.9 Å². The number of aromatic nitrogens is 2. The number of methoxy groups -OCH3 is 1. The largest absolute Gasteiger partial charge is 0.493 e. The molecule has 0 unspecified atom stereocenters. The van der Waals surface area contributed by atoms with Crippen LogP contribution in [-0.2, 0) is 7.05 Å². The summed E-state index contributed by atoms with van der Waals surface area (Å²) in [7, 11) is 3.19. The summed E-state index contributed by atoms with van der Waals surface area (Å²) in [4.78, 5) is 11.0. The summed E-state index contributed by atoms with van der Waals surface area (Å²) >= 11 is 6.29. The first-order valence-corrected chi connectivity index (χ1v) is 7.03. The Morgan fingerprint density at radius 1 is 1.32 bits per heavy atom. The van der Waals surface area contributed by atoms with Crippen molar-refractivity contribution in [2.24, 2.45) is 7.05 Å². The maximum atomic E-state index is 11.0. The summed E-state index contributed by atoms with van der Waals surface area (Å²) < 4.78 is 12.5. The van der Waals surface area contributed by atoms with Gasteiger partial charge in [-0.25, -0.2) is 4.79 Å². The molecule has 0 aliphatic carbocycles. The molecule has 0 atom stereocenters. The van der Waals surface area contributed by atoms with Crippen molar-refractivity contribution in [3.05, 3.63) is 28.9 Å². The fourth-order valence-corrected chi connectivity index (χ4v) is 2.31. The third kappa shape index (κ3) is 3.17. The molecular formula is C15H17ClN2O4. The topological polar surface area (TPSA) is 73.6 Å². The molecule has 0 amide bonds. The first-order valence-electron chi connectivity index (χ1n) is 6.65. The Morgan fingerprint density at radius 2 is 2.00 bits per heavy atom. The summed E-state index contributed by atoms with van der Waals surface area (Å²) in [5, 5.41) is 13.4. The highest BCUT2D eigenvalue weighted by Gasteiger charge is 2.18. The van der Waals surface area contributed by atoms with Crippen LogP contribution in [0.3, 0.4) is 0 Å². The standard InChI is InChI=1S/C15H17ClN2O4/c1-8(2)22-14-5-9(10(16)6-13(14)21-4)12-7-11(15(19)20)17-18(12)3/h5-8H,1-4H3,(H,19,20). The van der Waals surface area contributed by atoms with E-state index in [-0.39, 0.29) is 11.8 Å². The quantitative estimate of drug-likeness (QED) is 0.914. The van der Waals surface area contributed by atoms with E-state index in [1.54, 1.807) is 19.2 Å². The van der Waals surface area contributed by atoms with Gasteiger partial charge in [-0.2, -0.15) is 5.10 Å². The van der Waals surface area contributed by atoms with Crippen molar-refractivity contribution in [2.75, 3.05) is 7.11 Å². The molecule has 22 heavy (non-hydrogen) atoms. The lowest BCUT2D eigenvalue weighted by Crippen LogP contribution is -2.07. The Balaban J connectivity index is 2.57. The summed E-state index contributed by atoms with van der Waals surface area (Å²) in [6, 6.07) is 4.83. The highest BCUT2D eigenvalue weighted by molar-refractivity contribution is 6.33. The minimum Gasteiger partial charge on any atom is -0.493 e. The van der Waals surface area contributed by atoms with E-state index in [4.69, 9.17) is 26.2 Å². The van der Waals surface area contributed by atoms with Crippen LogP contribution in [0.25, 0.3) is 11.3 Å². The van der Waals surface area contributed by atoms with Gasteiger partial charge in [0.1, 0.15) is 0 Å². The molecule has 0 aliphatic rings. The van der Waals surface area contributed by atoms with E-state index >= 15 is 0 Å². The Hall–Kier alpha value is -2.21. The molecule has 1 aromatic carbocycles. The van der Waals surface area contributed by atoms with E-state index in [1.807, 2.05) is 13.8 Å². The fourth-order valence-electron chi connectivity index (χ4n) is 2.06. The van der Waals surface area contributed by atoms with Crippen LogP contribution in [0.15, 0.2) is 18.2 Å². The number of hydrogen-bond acceptors (Lipinski definition) is 4. The molecule has 1 aromatic heterocycles. The number of carboxylic acid groups (broad SMARTS) is 1. The summed E-state index contributed by atoms with van der Waals surface area (Å²) in [6.07, 6.45) is -0.0379. The normalized spacial score (nSPS) is 10.8. The molecule has 1 heterocycles. The fraction of sp³-hybridized carbons (Fsp3) is 0.333. The molecule has 0 fully saturated rings. The second-order valence-electron chi connectivity index (χ2n) is 4.99. The van der Waals surface area contributed by atoms with E-state index in [0.717, 1.165) is 0 Å². The number of benzene rings is 1. The molecule has 0 bridgehead atoms. The Kier molecular flexibility index (Phi) is 4.61. The third-order valence-electron chi connectivity index (χ3n) is 2.99. The molecule has 0 radical (unpaired) electrons. The Bertz CT molecular complexity index is 710. The van der Waals surface area contributed by atoms with Gasteiger partial charge in [0, 0.05) is 18.7 Å². The number of aromatic carboxylic acids is 1. The predicted octanol–water partition coefficient (Wildman–Crippen LogP) is 3.23. The van der Waals surface area contributed by atoms with Crippen molar-refractivity contribution in [2.45, 2.75) is 20.0 Å². The van der Waals surface area contributed by atoms with Gasteiger partial charge >= 0.3 is 5.97 Å². The van der Waals surface area contributed by atoms with Gasteiger partial charge in [0.25, 0.3) is 0 Å². The van der Waals surface area contributed by atoms with Crippen LogP contribution in [0.2, 0.25) is 5.02 Å². The van der Waals surface area contributed by atoms with Crippen LogP contribution in [0, 0.1) is 0 Å². The van der Waals surface area contributed by atoms with Gasteiger partial charge in [0.2, 0.25) is 0 Å². The summed E-state index contributed by atoms with van der Waals surface area (Å²) in [5.74, 6) is -0.0387. The zero-order valence-electron chi connectivity index (χ0n) is 12.8. The van der Waals surface area contributed by atoms with E-state index in [0.29, 0.717) is 27.8 Å². The van der Waals surface area contributed by atoms with Crippen molar-refractivity contribution < 1.29 is 19.4 Å². The molecule has 0 spiro atoms. The molecule has 6 nitrogen and oxygen atoms in total. The van der Waals surface area contributed by atoms with Gasteiger partial charge in [-0.1, -0.05) is 11.6 Å². The number of ether oxygens (including phenoxy) is 2. The van der Waals surface area contributed by atoms with Crippen molar-refractivity contribution in [1.29, 1.82) is 0 Å². The summed E-state index contributed by atoms with van der Waals surface area (Å²) in [5.41, 5.74) is 1.16. The van der Waals surface area contributed by atoms with Crippen molar-refractivity contribution in [3.8, 4) is 22.8 Å². The van der Waals surface area contributed by atoms with Gasteiger partial charge in [0.15, 0.2) is 17.2 Å². The number of halogens is 1. The number of carbonyl (C=O) groups is 1. The zero-order valence-corrected chi connectivity index (χ0v) is 13.5. The average Bonchev–Trinajstić information content (AvgIpc) is 2.82. The van der Waals surface area contributed by atoms with Crippen LogP contribution < -0.4 is 9.47 Å². The van der Waals surface area contributed by atoms with Gasteiger partial charge in [-0.15, -0.1) is 0 Å². The monoisotopic (exact) mass is 324 g/mol. The molecule has 118 valence electrons. The van der Waals surface area contributed by atoms with Gasteiger partial charge < -0.3 is 14.6 Å². The second kappa shape index (κ2) is 6.27. The number of rotatable bonds is 5. The maximum absolute atomic E-state index is 11.0. The molecule has 0 saturated carbocycles. The highest BCUT2D eigenvalue weighted by Crippen LogP contribution is 2.39. The predicted molar refractivity (Wildman–Crippen MR) is 82.9 cm³/mol. The molecule has 2 aromatic rings. The van der Waals surface area contributed by atoms with Crippen LogP contribution >= 0.6 is 11.6 Å². The lowest BCUT2D eigenvalue weighted by Gasteiger charge is -2.16. The first-order chi connectivity index (χ1) is 10.3. The molecule has 1 N–H and O–H groups in total. The number of hydrogen-bond donors (Lipinski definition) is 1. The number of aryl methyl sites for hydroxylation is 1. The van der Waals surface area contributed by atoms with Crippen molar-refractivity contribution >= 4 is 17.6 Å². The second-order valence-corrected chi connectivity index (χ2v) is 5.40. The lowest BCUT2D eigenvalue weighted by atomic mass is 10.1. The van der Waals surface area contributed by atoms with Crippen LogP contribution in [-0.4, -0.2) is 34.1 Å². The van der Waals surface area contributed by atoms with Gasteiger partial charge in [-0.3, -0.25) is 4.68 Å². The summed E-state index contributed by atoms with van der Waals surface area (Å²) in [6.45, 7) is 3.81. The minimum absolute atomic E-state index is 0.0379.